The Labute approximate surface area is 167 Å². The highest BCUT2D eigenvalue weighted by Crippen LogP contribution is 2.23. The molecule has 0 aromatic heterocycles. The first-order chi connectivity index (χ1) is 13.7. The van der Waals surface area contributed by atoms with E-state index in [9.17, 15) is 9.59 Å². The van der Waals surface area contributed by atoms with Gasteiger partial charge in [-0.05, 0) is 48.8 Å². The third kappa shape index (κ3) is 4.11. The number of rotatable bonds is 4. The van der Waals surface area contributed by atoms with Gasteiger partial charge in [0.05, 0.1) is 6.42 Å². The number of carbonyl (C=O) groups excluding carboxylic acids is 2. The van der Waals surface area contributed by atoms with Crippen molar-refractivity contribution in [3.05, 3.63) is 60.2 Å². The largest absolute Gasteiger partial charge is 0.341 e. The normalized spacial score (nSPS) is 19.6. The Morgan fingerprint density at radius 2 is 1.43 bits per heavy atom. The van der Waals surface area contributed by atoms with Gasteiger partial charge in [-0.3, -0.25) is 9.59 Å². The minimum atomic E-state index is -0.261. The lowest BCUT2D eigenvalue weighted by Crippen LogP contribution is -2.52. The van der Waals surface area contributed by atoms with E-state index in [1.807, 2.05) is 40.1 Å². The van der Waals surface area contributed by atoms with Gasteiger partial charge < -0.3 is 9.80 Å². The van der Waals surface area contributed by atoms with Crippen molar-refractivity contribution in [2.45, 2.75) is 44.6 Å². The van der Waals surface area contributed by atoms with Crippen LogP contribution in [0.25, 0.3) is 11.1 Å². The molecule has 2 aromatic carbocycles. The molecule has 4 rings (SSSR count). The van der Waals surface area contributed by atoms with Gasteiger partial charge in [-0.25, -0.2) is 0 Å². The van der Waals surface area contributed by atoms with Crippen molar-refractivity contribution >= 4 is 11.8 Å². The van der Waals surface area contributed by atoms with Crippen LogP contribution in [0.2, 0.25) is 0 Å². The van der Waals surface area contributed by atoms with E-state index in [1.165, 1.54) is 5.56 Å². The van der Waals surface area contributed by atoms with Crippen LogP contribution in [0.4, 0.5) is 0 Å². The summed E-state index contributed by atoms with van der Waals surface area (Å²) in [6, 6.07) is 18.2. The van der Waals surface area contributed by atoms with Gasteiger partial charge in [0.15, 0.2) is 0 Å². The Morgan fingerprint density at radius 1 is 0.786 bits per heavy atom. The van der Waals surface area contributed by atoms with Crippen molar-refractivity contribution in [3.8, 4) is 11.1 Å². The van der Waals surface area contributed by atoms with E-state index in [0.717, 1.165) is 56.3 Å². The molecule has 2 saturated heterocycles. The van der Waals surface area contributed by atoms with Crippen LogP contribution in [0.15, 0.2) is 54.6 Å². The fraction of sp³-hybridized carbons (Fsp3) is 0.417. The van der Waals surface area contributed by atoms with Crippen LogP contribution >= 0.6 is 0 Å². The molecule has 0 spiro atoms. The Kier molecular flexibility index (Phi) is 5.75. The smallest absolute Gasteiger partial charge is 0.245 e. The molecule has 0 N–H and O–H groups in total. The van der Waals surface area contributed by atoms with E-state index < -0.39 is 0 Å². The van der Waals surface area contributed by atoms with Crippen LogP contribution in [0.3, 0.4) is 0 Å². The third-order valence-electron chi connectivity index (χ3n) is 5.94. The molecule has 146 valence electrons. The average Bonchev–Trinajstić information content (AvgIpc) is 3.29. The van der Waals surface area contributed by atoms with Crippen LogP contribution < -0.4 is 0 Å². The number of carbonyl (C=O) groups is 2. The first kappa shape index (κ1) is 18.7. The Bertz CT molecular complexity index is 810. The van der Waals surface area contributed by atoms with E-state index in [2.05, 4.69) is 24.3 Å². The van der Waals surface area contributed by atoms with E-state index in [1.54, 1.807) is 0 Å². The summed E-state index contributed by atoms with van der Waals surface area (Å²) in [5.41, 5.74) is 3.33. The van der Waals surface area contributed by atoms with Crippen LogP contribution in [-0.2, 0) is 16.0 Å². The van der Waals surface area contributed by atoms with Crippen molar-refractivity contribution in [1.82, 2.24) is 9.80 Å². The highest BCUT2D eigenvalue weighted by molar-refractivity contribution is 5.89. The maximum atomic E-state index is 13.0. The molecule has 4 nitrogen and oxygen atoms in total. The molecule has 0 radical (unpaired) electrons. The minimum absolute atomic E-state index is 0.0738. The molecule has 28 heavy (non-hydrogen) atoms. The van der Waals surface area contributed by atoms with E-state index in [0.29, 0.717) is 13.0 Å². The Hall–Kier alpha value is -2.62. The van der Waals surface area contributed by atoms with E-state index in [4.69, 9.17) is 0 Å². The molecule has 1 atom stereocenters. The van der Waals surface area contributed by atoms with Crippen molar-refractivity contribution in [2.24, 2.45) is 0 Å². The summed E-state index contributed by atoms with van der Waals surface area (Å²) in [4.78, 5) is 29.7. The summed E-state index contributed by atoms with van der Waals surface area (Å²) < 4.78 is 0. The average molecular weight is 377 g/mol. The predicted molar refractivity (Wildman–Crippen MR) is 111 cm³/mol. The van der Waals surface area contributed by atoms with Crippen LogP contribution in [0.1, 0.15) is 37.7 Å². The molecule has 2 amide bonds. The molecule has 2 heterocycles. The van der Waals surface area contributed by atoms with Crippen molar-refractivity contribution in [1.29, 1.82) is 0 Å². The lowest BCUT2D eigenvalue weighted by atomic mass is 9.98. The summed E-state index contributed by atoms with van der Waals surface area (Å²) >= 11 is 0. The number of hydrogen-bond donors (Lipinski definition) is 0. The lowest BCUT2D eigenvalue weighted by molar-refractivity contribution is -0.146. The van der Waals surface area contributed by atoms with Crippen LogP contribution in [0, 0.1) is 0 Å². The summed E-state index contributed by atoms with van der Waals surface area (Å²) in [5.74, 6) is 0.231. The van der Waals surface area contributed by atoms with Crippen molar-refractivity contribution < 1.29 is 9.59 Å². The van der Waals surface area contributed by atoms with Gasteiger partial charge in [-0.1, -0.05) is 54.6 Å². The highest BCUT2D eigenvalue weighted by atomic mass is 16.2. The van der Waals surface area contributed by atoms with Crippen molar-refractivity contribution in [2.75, 3.05) is 19.6 Å². The van der Waals surface area contributed by atoms with Gasteiger partial charge in [-0.2, -0.15) is 0 Å². The zero-order valence-corrected chi connectivity index (χ0v) is 16.3. The molecule has 0 aliphatic carbocycles. The first-order valence-corrected chi connectivity index (χ1v) is 10.4. The molecule has 4 heteroatoms. The second-order valence-corrected chi connectivity index (χ2v) is 7.87. The number of hydrogen-bond acceptors (Lipinski definition) is 2. The number of benzene rings is 2. The van der Waals surface area contributed by atoms with Gasteiger partial charge in [0.25, 0.3) is 0 Å². The zero-order chi connectivity index (χ0) is 19.3. The molecule has 0 saturated carbocycles. The first-order valence-electron chi connectivity index (χ1n) is 10.4. The Morgan fingerprint density at radius 3 is 2.14 bits per heavy atom. The molecular formula is C24H28N2O2. The van der Waals surface area contributed by atoms with Crippen LogP contribution in [0.5, 0.6) is 0 Å². The van der Waals surface area contributed by atoms with Gasteiger partial charge in [0.1, 0.15) is 6.04 Å². The van der Waals surface area contributed by atoms with Gasteiger partial charge in [-0.15, -0.1) is 0 Å². The molecule has 0 bridgehead atoms. The fourth-order valence-corrected chi connectivity index (χ4v) is 4.36. The van der Waals surface area contributed by atoms with Gasteiger partial charge >= 0.3 is 0 Å². The molecule has 2 aliphatic rings. The predicted octanol–water partition coefficient (Wildman–Crippen LogP) is 3.90. The lowest BCUT2D eigenvalue weighted by Gasteiger charge is -2.37. The summed E-state index contributed by atoms with van der Waals surface area (Å²) in [6.45, 7) is 2.39. The SMILES string of the molecule is O=C(C1CCCCN1C(=O)Cc1ccc(-c2ccccc2)cc1)N1CCCC1. The number of likely N-dealkylation sites (tertiary alicyclic amines) is 2. The van der Waals surface area contributed by atoms with E-state index in [-0.39, 0.29) is 17.9 Å². The minimum Gasteiger partial charge on any atom is -0.341 e. The monoisotopic (exact) mass is 376 g/mol. The number of piperidine rings is 1. The summed E-state index contributed by atoms with van der Waals surface area (Å²) in [6.07, 6.45) is 5.34. The van der Waals surface area contributed by atoms with Gasteiger partial charge in [0, 0.05) is 19.6 Å². The maximum Gasteiger partial charge on any atom is 0.245 e. The highest BCUT2D eigenvalue weighted by Gasteiger charge is 2.35. The molecule has 2 aliphatic heterocycles. The Balaban J connectivity index is 1.43. The van der Waals surface area contributed by atoms with E-state index >= 15 is 0 Å². The third-order valence-corrected chi connectivity index (χ3v) is 5.94. The standard InChI is InChI=1S/C24H28N2O2/c27-23(18-19-11-13-21(14-12-19)20-8-2-1-3-9-20)26-17-5-4-10-22(26)24(28)25-15-6-7-16-25/h1-3,8-9,11-14,22H,4-7,10,15-18H2. The van der Waals surface area contributed by atoms with Gasteiger partial charge in [0.2, 0.25) is 11.8 Å². The second kappa shape index (κ2) is 8.59. The molecule has 1 unspecified atom stereocenters. The summed E-state index contributed by atoms with van der Waals surface area (Å²) in [7, 11) is 0. The molecule has 2 fully saturated rings. The number of amides is 2. The molecular weight excluding hydrogens is 348 g/mol. The maximum absolute atomic E-state index is 13.0. The fourth-order valence-electron chi connectivity index (χ4n) is 4.36. The number of nitrogens with zero attached hydrogens (tertiary/aromatic N) is 2. The van der Waals surface area contributed by atoms with Crippen molar-refractivity contribution in [3.63, 3.8) is 0 Å². The summed E-state index contributed by atoms with van der Waals surface area (Å²) in [5, 5.41) is 0. The van der Waals surface area contributed by atoms with Crippen LogP contribution in [-0.4, -0.2) is 47.3 Å². The zero-order valence-electron chi connectivity index (χ0n) is 16.3. The quantitative estimate of drug-likeness (QED) is 0.812. The topological polar surface area (TPSA) is 40.6 Å². The molecule has 2 aromatic rings. The second-order valence-electron chi connectivity index (χ2n) is 7.87.